The number of carbonyl (C=O) groups is 2. The van der Waals surface area contributed by atoms with E-state index in [0.717, 1.165) is 19.4 Å². The fourth-order valence-electron chi connectivity index (χ4n) is 2.14. The van der Waals surface area contributed by atoms with Crippen molar-refractivity contribution in [1.82, 2.24) is 10.6 Å². The molecule has 1 heterocycles. The molecule has 0 radical (unpaired) electrons. The Bertz CT molecular complexity index is 281. The van der Waals surface area contributed by atoms with Gasteiger partial charge in [-0.3, -0.25) is 9.59 Å². The summed E-state index contributed by atoms with van der Waals surface area (Å²) in [7, 11) is 0. The molecule has 1 aliphatic rings. The molecule has 5 heteroatoms. The van der Waals surface area contributed by atoms with Crippen LogP contribution in [-0.2, 0) is 9.59 Å². The summed E-state index contributed by atoms with van der Waals surface area (Å²) in [6.07, 6.45) is 2.67. The standard InChI is InChI=1S/C12H22N2O3/c1-3-9(12(16)17)7-14-11(15)10-8(2)5-4-6-13-10/h8-10,13H,3-7H2,1-2H3,(H,14,15)(H,16,17). The van der Waals surface area contributed by atoms with E-state index in [-0.39, 0.29) is 18.5 Å². The number of nitrogens with one attached hydrogen (secondary N) is 2. The summed E-state index contributed by atoms with van der Waals surface area (Å²) >= 11 is 0. The molecule has 3 unspecified atom stereocenters. The molecule has 0 bridgehead atoms. The van der Waals surface area contributed by atoms with E-state index in [2.05, 4.69) is 10.6 Å². The first-order valence-electron chi connectivity index (χ1n) is 6.30. The molecule has 0 spiro atoms. The van der Waals surface area contributed by atoms with Gasteiger partial charge in [-0.05, 0) is 31.7 Å². The Kier molecular flexibility index (Phi) is 5.41. The van der Waals surface area contributed by atoms with Gasteiger partial charge < -0.3 is 15.7 Å². The number of hydrogen-bond donors (Lipinski definition) is 3. The van der Waals surface area contributed by atoms with Crippen LogP contribution in [-0.4, -0.2) is 36.1 Å². The average Bonchev–Trinajstić information content (AvgIpc) is 2.29. The fourth-order valence-corrected chi connectivity index (χ4v) is 2.14. The van der Waals surface area contributed by atoms with Gasteiger partial charge in [-0.2, -0.15) is 0 Å². The van der Waals surface area contributed by atoms with Crippen LogP contribution in [0.5, 0.6) is 0 Å². The van der Waals surface area contributed by atoms with Crippen LogP contribution >= 0.6 is 0 Å². The van der Waals surface area contributed by atoms with Crippen molar-refractivity contribution in [3.63, 3.8) is 0 Å². The maximum absolute atomic E-state index is 11.9. The maximum atomic E-state index is 11.9. The summed E-state index contributed by atoms with van der Waals surface area (Å²) in [5, 5.41) is 14.8. The van der Waals surface area contributed by atoms with Crippen molar-refractivity contribution in [2.45, 2.75) is 39.2 Å². The smallest absolute Gasteiger partial charge is 0.308 e. The Morgan fingerprint density at radius 1 is 1.53 bits per heavy atom. The van der Waals surface area contributed by atoms with Crippen LogP contribution in [0.2, 0.25) is 0 Å². The third-order valence-electron chi connectivity index (χ3n) is 3.42. The second-order valence-electron chi connectivity index (χ2n) is 4.74. The van der Waals surface area contributed by atoms with Crippen molar-refractivity contribution in [2.24, 2.45) is 11.8 Å². The van der Waals surface area contributed by atoms with Gasteiger partial charge in [-0.15, -0.1) is 0 Å². The van der Waals surface area contributed by atoms with Crippen LogP contribution in [0.4, 0.5) is 0 Å². The minimum Gasteiger partial charge on any atom is -0.481 e. The third-order valence-corrected chi connectivity index (χ3v) is 3.42. The zero-order valence-electron chi connectivity index (χ0n) is 10.5. The van der Waals surface area contributed by atoms with Crippen LogP contribution in [0.1, 0.15) is 33.1 Å². The highest BCUT2D eigenvalue weighted by Crippen LogP contribution is 2.15. The molecular formula is C12H22N2O3. The molecule has 3 N–H and O–H groups in total. The van der Waals surface area contributed by atoms with E-state index in [1.165, 1.54) is 0 Å². The fraction of sp³-hybridized carbons (Fsp3) is 0.833. The van der Waals surface area contributed by atoms with Gasteiger partial charge in [-0.25, -0.2) is 0 Å². The molecule has 1 aliphatic heterocycles. The van der Waals surface area contributed by atoms with Crippen molar-refractivity contribution in [1.29, 1.82) is 0 Å². The largest absolute Gasteiger partial charge is 0.481 e. The van der Waals surface area contributed by atoms with E-state index in [4.69, 9.17) is 5.11 Å². The Hall–Kier alpha value is -1.10. The highest BCUT2D eigenvalue weighted by molar-refractivity contribution is 5.82. The summed E-state index contributed by atoms with van der Waals surface area (Å²) in [5.41, 5.74) is 0. The number of carboxylic acids is 1. The SMILES string of the molecule is CCC(CNC(=O)C1NCCCC1C)C(=O)O. The van der Waals surface area contributed by atoms with Crippen LogP contribution < -0.4 is 10.6 Å². The number of carbonyl (C=O) groups excluding carboxylic acids is 1. The lowest BCUT2D eigenvalue weighted by Crippen LogP contribution is -2.51. The van der Waals surface area contributed by atoms with Crippen molar-refractivity contribution >= 4 is 11.9 Å². The zero-order valence-corrected chi connectivity index (χ0v) is 10.5. The second kappa shape index (κ2) is 6.59. The predicted octanol–water partition coefficient (Wildman–Crippen LogP) is 0.601. The Labute approximate surface area is 102 Å². The number of hydrogen-bond acceptors (Lipinski definition) is 3. The van der Waals surface area contributed by atoms with Crippen molar-refractivity contribution in [3.8, 4) is 0 Å². The molecule has 0 saturated carbocycles. The molecule has 17 heavy (non-hydrogen) atoms. The Morgan fingerprint density at radius 2 is 2.24 bits per heavy atom. The first-order valence-corrected chi connectivity index (χ1v) is 6.30. The molecule has 1 amide bonds. The van der Waals surface area contributed by atoms with E-state index in [9.17, 15) is 9.59 Å². The lowest BCUT2D eigenvalue weighted by molar-refractivity contribution is -0.141. The molecule has 98 valence electrons. The number of aliphatic carboxylic acids is 1. The third kappa shape index (κ3) is 4.00. The van der Waals surface area contributed by atoms with E-state index >= 15 is 0 Å². The zero-order chi connectivity index (χ0) is 12.8. The van der Waals surface area contributed by atoms with E-state index in [1.807, 2.05) is 13.8 Å². The van der Waals surface area contributed by atoms with Gasteiger partial charge in [0.05, 0.1) is 12.0 Å². The summed E-state index contributed by atoms with van der Waals surface area (Å²) in [5.74, 6) is -1.10. The minimum absolute atomic E-state index is 0.0723. The Morgan fingerprint density at radius 3 is 2.76 bits per heavy atom. The van der Waals surface area contributed by atoms with E-state index in [1.54, 1.807) is 0 Å². The monoisotopic (exact) mass is 242 g/mol. The van der Waals surface area contributed by atoms with Crippen LogP contribution in [0, 0.1) is 11.8 Å². The molecule has 5 nitrogen and oxygen atoms in total. The van der Waals surface area contributed by atoms with E-state index < -0.39 is 11.9 Å². The predicted molar refractivity (Wildman–Crippen MR) is 64.6 cm³/mol. The molecular weight excluding hydrogens is 220 g/mol. The van der Waals surface area contributed by atoms with Gasteiger partial charge in [0.15, 0.2) is 0 Å². The van der Waals surface area contributed by atoms with Crippen LogP contribution in [0.3, 0.4) is 0 Å². The van der Waals surface area contributed by atoms with Gasteiger partial charge in [0, 0.05) is 6.54 Å². The van der Waals surface area contributed by atoms with E-state index in [0.29, 0.717) is 12.3 Å². The normalized spacial score (nSPS) is 26.2. The van der Waals surface area contributed by atoms with Gasteiger partial charge in [0.2, 0.25) is 5.91 Å². The molecule has 0 aliphatic carbocycles. The summed E-state index contributed by atoms with van der Waals surface area (Å²) in [6.45, 7) is 4.94. The second-order valence-corrected chi connectivity index (χ2v) is 4.74. The van der Waals surface area contributed by atoms with Crippen molar-refractivity contribution in [3.05, 3.63) is 0 Å². The van der Waals surface area contributed by atoms with Crippen molar-refractivity contribution in [2.75, 3.05) is 13.1 Å². The first kappa shape index (κ1) is 14.0. The Balaban J connectivity index is 2.40. The van der Waals surface area contributed by atoms with Crippen LogP contribution in [0.15, 0.2) is 0 Å². The molecule has 0 aromatic heterocycles. The highest BCUT2D eigenvalue weighted by Gasteiger charge is 2.28. The molecule has 0 aromatic rings. The first-order chi connectivity index (χ1) is 8.06. The molecule has 1 rings (SSSR count). The van der Waals surface area contributed by atoms with Gasteiger partial charge in [-0.1, -0.05) is 13.8 Å². The van der Waals surface area contributed by atoms with Crippen molar-refractivity contribution < 1.29 is 14.7 Å². The topological polar surface area (TPSA) is 78.4 Å². The number of carboxylic acid groups (broad SMARTS) is 1. The quantitative estimate of drug-likeness (QED) is 0.659. The summed E-state index contributed by atoms with van der Waals surface area (Å²) < 4.78 is 0. The number of piperidine rings is 1. The lowest BCUT2D eigenvalue weighted by Gasteiger charge is -2.29. The van der Waals surface area contributed by atoms with Gasteiger partial charge >= 0.3 is 5.97 Å². The molecule has 1 saturated heterocycles. The van der Waals surface area contributed by atoms with Crippen LogP contribution in [0.25, 0.3) is 0 Å². The lowest BCUT2D eigenvalue weighted by atomic mass is 9.92. The number of rotatable bonds is 5. The molecule has 3 atom stereocenters. The average molecular weight is 242 g/mol. The molecule has 1 fully saturated rings. The summed E-state index contributed by atoms with van der Waals surface area (Å²) in [4.78, 5) is 22.7. The van der Waals surface area contributed by atoms with Gasteiger partial charge in [0.1, 0.15) is 0 Å². The highest BCUT2D eigenvalue weighted by atomic mass is 16.4. The number of amides is 1. The minimum atomic E-state index is -0.850. The maximum Gasteiger partial charge on any atom is 0.308 e. The summed E-state index contributed by atoms with van der Waals surface area (Å²) in [6, 6.07) is -0.171. The molecule has 0 aromatic carbocycles. The van der Waals surface area contributed by atoms with Gasteiger partial charge in [0.25, 0.3) is 0 Å².